The number of nitrogens with zero attached hydrogens (tertiary/aromatic N) is 2. The third-order valence-electron chi connectivity index (χ3n) is 4.88. The number of hydrogen-bond donors (Lipinski definition) is 4. The van der Waals surface area contributed by atoms with Crippen molar-refractivity contribution in [2.45, 2.75) is 69.8 Å². The molecule has 2 rings (SSSR count). The Morgan fingerprint density at radius 3 is 2.38 bits per heavy atom. The van der Waals surface area contributed by atoms with Crippen molar-refractivity contribution in [3.05, 3.63) is 39.3 Å². The molecular formula is C22H31FN4O4S3. The summed E-state index contributed by atoms with van der Waals surface area (Å²) in [5, 5.41) is 31.9. The molecule has 0 spiro atoms. The molecule has 4 N–H and O–H groups in total. The number of aromatic nitrogens is 1. The van der Waals surface area contributed by atoms with E-state index in [0.717, 1.165) is 11.3 Å². The summed E-state index contributed by atoms with van der Waals surface area (Å²) in [4.78, 5) is 17.0. The van der Waals surface area contributed by atoms with Gasteiger partial charge in [-0.3, -0.25) is 4.79 Å². The van der Waals surface area contributed by atoms with Gasteiger partial charge in [-0.25, -0.2) is 18.4 Å². The smallest absolute Gasteiger partial charge is 0.238 e. The van der Waals surface area contributed by atoms with E-state index in [0.29, 0.717) is 5.56 Å². The van der Waals surface area contributed by atoms with Gasteiger partial charge in [-0.15, -0.1) is 11.3 Å². The number of nitriles is 1. The van der Waals surface area contributed by atoms with Gasteiger partial charge in [0, 0.05) is 5.56 Å². The molecule has 0 saturated carbocycles. The van der Waals surface area contributed by atoms with Crippen molar-refractivity contribution in [2.24, 2.45) is 0 Å². The lowest BCUT2D eigenvalue weighted by Crippen LogP contribution is -2.24. The summed E-state index contributed by atoms with van der Waals surface area (Å²) in [5.74, 6) is -2.75. The SMILES string of the molecule is CC(C)c1cc(C#N)c(F)c(C(C)C)c1NC(=O)C[S@](=N)(=O)c1sc(C(C)(C)O)nc1CO.S. The molecule has 0 bridgehead atoms. The fraction of sp³-hybridized carbons (Fsp3) is 0.500. The van der Waals surface area contributed by atoms with E-state index >= 15 is 0 Å². The lowest BCUT2D eigenvalue weighted by Gasteiger charge is -2.22. The van der Waals surface area contributed by atoms with Gasteiger partial charge in [-0.05, 0) is 37.3 Å². The van der Waals surface area contributed by atoms with Crippen molar-refractivity contribution >= 4 is 46.2 Å². The van der Waals surface area contributed by atoms with Crippen LogP contribution in [0.1, 0.15) is 80.8 Å². The van der Waals surface area contributed by atoms with Gasteiger partial charge in [0.05, 0.1) is 33.3 Å². The molecule has 1 aromatic heterocycles. The van der Waals surface area contributed by atoms with Crippen LogP contribution < -0.4 is 5.32 Å². The van der Waals surface area contributed by atoms with Crippen LogP contribution in [0.3, 0.4) is 0 Å². The monoisotopic (exact) mass is 530 g/mol. The second-order valence-electron chi connectivity index (χ2n) is 8.88. The van der Waals surface area contributed by atoms with E-state index in [1.54, 1.807) is 13.8 Å². The molecule has 0 unspecified atom stereocenters. The van der Waals surface area contributed by atoms with Crippen LogP contribution in [0, 0.1) is 21.9 Å². The third-order valence-corrected chi connectivity index (χ3v) is 8.65. The van der Waals surface area contributed by atoms with E-state index in [1.807, 2.05) is 19.9 Å². The lowest BCUT2D eigenvalue weighted by molar-refractivity contribution is -0.113. The molecule has 34 heavy (non-hydrogen) atoms. The molecular weight excluding hydrogens is 499 g/mol. The van der Waals surface area contributed by atoms with Crippen molar-refractivity contribution in [1.82, 2.24) is 4.98 Å². The standard InChI is InChI=1S/C22H29FN4O4S2.H2S/c1-11(2)14-7-13(8-24)18(23)17(12(3)4)19(14)27-16(29)10-33(25,31)20-15(9-28)26-21(32-20)22(5,6)30;/h7,11-12,25,28,30H,9-10H2,1-6H3,(H,27,29);1H2/t33-;/m0./s1. The Morgan fingerprint density at radius 1 is 1.35 bits per heavy atom. The average molecular weight is 531 g/mol. The Hall–Kier alpha value is -2.04. The van der Waals surface area contributed by atoms with Crippen LogP contribution in [0.25, 0.3) is 0 Å². The summed E-state index contributed by atoms with van der Waals surface area (Å²) >= 11 is 0.810. The van der Waals surface area contributed by atoms with E-state index in [1.165, 1.54) is 19.9 Å². The molecule has 1 amide bonds. The Morgan fingerprint density at radius 2 is 1.94 bits per heavy atom. The summed E-state index contributed by atoms with van der Waals surface area (Å²) in [5.41, 5.74) is -0.592. The minimum absolute atomic E-state index is 0. The second-order valence-corrected chi connectivity index (χ2v) is 12.2. The molecule has 1 aromatic carbocycles. The molecule has 12 heteroatoms. The first-order valence-corrected chi connectivity index (χ1v) is 12.8. The van der Waals surface area contributed by atoms with Gasteiger partial charge in [-0.2, -0.15) is 18.8 Å². The highest BCUT2D eigenvalue weighted by Gasteiger charge is 2.30. The molecule has 0 saturated heterocycles. The van der Waals surface area contributed by atoms with Crippen molar-refractivity contribution < 1.29 is 23.6 Å². The highest BCUT2D eigenvalue weighted by molar-refractivity contribution is 7.95. The van der Waals surface area contributed by atoms with Gasteiger partial charge < -0.3 is 15.5 Å². The highest BCUT2D eigenvalue weighted by atomic mass is 32.2. The number of thiazole rings is 1. The predicted molar refractivity (Wildman–Crippen MR) is 136 cm³/mol. The van der Waals surface area contributed by atoms with Crippen molar-refractivity contribution in [1.29, 1.82) is 10.0 Å². The fourth-order valence-electron chi connectivity index (χ4n) is 3.30. The number of aliphatic hydroxyl groups is 2. The molecule has 188 valence electrons. The summed E-state index contributed by atoms with van der Waals surface area (Å²) in [6.45, 7) is 9.47. The molecule has 0 aliphatic heterocycles. The first-order chi connectivity index (χ1) is 15.1. The minimum atomic E-state index is -3.72. The van der Waals surface area contributed by atoms with Crippen molar-refractivity contribution in [2.75, 3.05) is 11.1 Å². The van der Waals surface area contributed by atoms with Crippen LogP contribution in [-0.4, -0.2) is 31.1 Å². The van der Waals surface area contributed by atoms with Crippen LogP contribution in [0.15, 0.2) is 10.3 Å². The lowest BCUT2D eigenvalue weighted by atomic mass is 9.89. The van der Waals surface area contributed by atoms with Crippen LogP contribution in [-0.2, 0) is 26.7 Å². The Bertz CT molecular complexity index is 1210. The third kappa shape index (κ3) is 6.34. The van der Waals surface area contributed by atoms with E-state index in [2.05, 4.69) is 10.3 Å². The zero-order chi connectivity index (χ0) is 25.3. The maximum absolute atomic E-state index is 15.0. The molecule has 0 aliphatic rings. The number of halogens is 1. The molecule has 1 atom stereocenters. The summed E-state index contributed by atoms with van der Waals surface area (Å²) in [6.07, 6.45) is 0. The Balaban J connectivity index is 0.00000578. The number of amides is 1. The first kappa shape index (κ1) is 30.0. The number of aliphatic hydroxyl groups excluding tert-OH is 1. The molecule has 2 aromatic rings. The number of benzene rings is 1. The van der Waals surface area contributed by atoms with Gasteiger partial charge in [-0.1, -0.05) is 27.7 Å². The number of carbonyl (C=O) groups excluding carboxylic acids is 1. The first-order valence-electron chi connectivity index (χ1n) is 10.3. The molecule has 8 nitrogen and oxygen atoms in total. The summed E-state index contributed by atoms with van der Waals surface area (Å²) in [7, 11) is -3.72. The highest BCUT2D eigenvalue weighted by Crippen LogP contribution is 2.37. The van der Waals surface area contributed by atoms with Gasteiger partial charge in [0.2, 0.25) is 5.91 Å². The van der Waals surface area contributed by atoms with E-state index in [9.17, 15) is 28.9 Å². The summed E-state index contributed by atoms with van der Waals surface area (Å²) < 4.78 is 36.4. The second kappa shape index (κ2) is 11.1. The zero-order valence-electron chi connectivity index (χ0n) is 19.9. The zero-order valence-corrected chi connectivity index (χ0v) is 22.6. The topological polar surface area (TPSA) is 147 Å². The average Bonchev–Trinajstić information content (AvgIpc) is 3.13. The molecule has 0 aliphatic carbocycles. The molecule has 0 radical (unpaired) electrons. The maximum Gasteiger partial charge on any atom is 0.238 e. The van der Waals surface area contributed by atoms with E-state index in [4.69, 9.17) is 4.78 Å². The maximum atomic E-state index is 15.0. The van der Waals surface area contributed by atoms with E-state index in [-0.39, 0.29) is 57.1 Å². The largest absolute Gasteiger partial charge is 0.390 e. The van der Waals surface area contributed by atoms with Crippen molar-refractivity contribution in [3.8, 4) is 6.07 Å². The number of anilines is 1. The van der Waals surface area contributed by atoms with Crippen LogP contribution in [0.4, 0.5) is 10.1 Å². The van der Waals surface area contributed by atoms with Gasteiger partial charge in [0.25, 0.3) is 0 Å². The van der Waals surface area contributed by atoms with Gasteiger partial charge in [0.15, 0.2) is 0 Å². The summed E-state index contributed by atoms with van der Waals surface area (Å²) in [6, 6.07) is 3.23. The van der Waals surface area contributed by atoms with Crippen LogP contribution >= 0.6 is 24.8 Å². The fourth-order valence-corrected chi connectivity index (χ4v) is 6.13. The number of carbonyl (C=O) groups is 1. The normalized spacial score (nSPS) is 13.4. The number of rotatable bonds is 8. The van der Waals surface area contributed by atoms with Crippen LogP contribution in [0.5, 0.6) is 0 Å². The van der Waals surface area contributed by atoms with Crippen LogP contribution in [0.2, 0.25) is 0 Å². The molecule has 1 heterocycles. The molecule has 0 fully saturated rings. The quantitative estimate of drug-likeness (QED) is 0.401. The Labute approximate surface area is 210 Å². The number of hydrogen-bond acceptors (Lipinski definition) is 8. The number of nitrogens with one attached hydrogen (secondary N) is 2. The van der Waals surface area contributed by atoms with Crippen molar-refractivity contribution in [3.63, 3.8) is 0 Å². The van der Waals surface area contributed by atoms with Gasteiger partial charge >= 0.3 is 0 Å². The Kier molecular flexibility index (Phi) is 9.82. The van der Waals surface area contributed by atoms with E-state index < -0.39 is 39.4 Å². The van der Waals surface area contributed by atoms with Gasteiger partial charge in [0.1, 0.15) is 32.5 Å². The minimum Gasteiger partial charge on any atom is -0.390 e. The predicted octanol–water partition coefficient (Wildman–Crippen LogP) is 4.28.